The molecule has 19 heavy (non-hydrogen) atoms. The molecule has 1 saturated carbocycles. The lowest BCUT2D eigenvalue weighted by molar-refractivity contribution is -0.143. The number of likely N-dealkylation sites (tertiary alicyclic amines) is 1. The summed E-state index contributed by atoms with van der Waals surface area (Å²) in [6.45, 7) is 7.34. The Bertz CT molecular complexity index is 370. The van der Waals surface area contributed by atoms with Crippen LogP contribution in [0, 0.1) is 23.7 Å². The molecule has 2 fully saturated rings. The van der Waals surface area contributed by atoms with Crippen molar-refractivity contribution in [1.29, 1.82) is 0 Å². The Morgan fingerprint density at radius 2 is 1.95 bits per heavy atom. The molecule has 5 heteroatoms. The summed E-state index contributed by atoms with van der Waals surface area (Å²) < 4.78 is 0. The number of aliphatic carboxylic acids is 1. The monoisotopic (exact) mass is 268 g/mol. The average Bonchev–Trinajstić information content (AvgIpc) is 3.07. The number of carboxylic acid groups (broad SMARTS) is 1. The fourth-order valence-electron chi connectivity index (χ4n) is 3.06. The van der Waals surface area contributed by atoms with Gasteiger partial charge in [-0.2, -0.15) is 0 Å². The third-order valence-electron chi connectivity index (χ3n) is 4.30. The van der Waals surface area contributed by atoms with E-state index in [0.29, 0.717) is 31.3 Å². The Balaban J connectivity index is 1.87. The number of hydrogen-bond acceptors (Lipinski definition) is 2. The highest BCUT2D eigenvalue weighted by Crippen LogP contribution is 2.37. The summed E-state index contributed by atoms with van der Waals surface area (Å²) in [5.74, 6) is 0.213. The number of carbonyl (C=O) groups excluding carboxylic acids is 1. The first-order valence-electron chi connectivity index (χ1n) is 7.16. The van der Waals surface area contributed by atoms with Crippen LogP contribution < -0.4 is 5.32 Å². The van der Waals surface area contributed by atoms with Crippen molar-refractivity contribution in [2.45, 2.75) is 39.7 Å². The first kappa shape index (κ1) is 14.2. The van der Waals surface area contributed by atoms with Gasteiger partial charge in [-0.05, 0) is 30.6 Å². The van der Waals surface area contributed by atoms with E-state index in [1.807, 2.05) is 6.92 Å². The number of hydrogen-bond donors (Lipinski definition) is 2. The zero-order valence-electron chi connectivity index (χ0n) is 11.9. The van der Waals surface area contributed by atoms with Crippen molar-refractivity contribution in [2.24, 2.45) is 23.7 Å². The van der Waals surface area contributed by atoms with Crippen LogP contribution in [0.5, 0.6) is 0 Å². The second-order valence-electron chi connectivity index (χ2n) is 6.48. The summed E-state index contributed by atoms with van der Waals surface area (Å²) in [6, 6.07) is 0.193. The standard InChI is InChI=1S/C14H24N2O3/c1-8(2)11-5-12(11)15-14(19)16-6-9(3)4-10(7-16)13(17)18/h8-12H,4-7H2,1-3H3,(H,15,19)(H,17,18)/t9?,10?,11-,12+/m0/s1. The van der Waals surface area contributed by atoms with Crippen LogP contribution in [-0.4, -0.2) is 41.1 Å². The van der Waals surface area contributed by atoms with Crippen LogP contribution in [-0.2, 0) is 4.79 Å². The molecule has 0 spiro atoms. The molecular formula is C14H24N2O3. The minimum atomic E-state index is -0.796. The van der Waals surface area contributed by atoms with E-state index in [4.69, 9.17) is 5.11 Å². The Kier molecular flexibility index (Phi) is 4.02. The Morgan fingerprint density at radius 3 is 2.47 bits per heavy atom. The molecule has 1 saturated heterocycles. The predicted octanol–water partition coefficient (Wildman–Crippen LogP) is 1.78. The molecule has 0 radical (unpaired) electrons. The van der Waals surface area contributed by atoms with Crippen LogP contribution in [0.1, 0.15) is 33.6 Å². The van der Waals surface area contributed by atoms with Crippen LogP contribution in [0.2, 0.25) is 0 Å². The molecule has 2 N–H and O–H groups in total. The topological polar surface area (TPSA) is 69.6 Å². The van der Waals surface area contributed by atoms with E-state index >= 15 is 0 Å². The second kappa shape index (κ2) is 5.39. The minimum absolute atomic E-state index is 0.0917. The number of piperidine rings is 1. The molecule has 0 aromatic heterocycles. The summed E-state index contributed by atoms with van der Waals surface area (Å²) in [7, 11) is 0. The molecule has 4 atom stereocenters. The van der Waals surface area contributed by atoms with E-state index in [1.165, 1.54) is 0 Å². The van der Waals surface area contributed by atoms with E-state index in [-0.39, 0.29) is 18.0 Å². The molecule has 0 aromatic carbocycles. The van der Waals surface area contributed by atoms with Crippen molar-refractivity contribution in [3.8, 4) is 0 Å². The number of carbonyl (C=O) groups is 2. The van der Waals surface area contributed by atoms with Gasteiger partial charge in [0.2, 0.25) is 0 Å². The average molecular weight is 268 g/mol. The van der Waals surface area contributed by atoms with Crippen LogP contribution in [0.15, 0.2) is 0 Å². The van der Waals surface area contributed by atoms with Crippen molar-refractivity contribution < 1.29 is 14.7 Å². The molecule has 2 amide bonds. The third kappa shape index (κ3) is 3.39. The van der Waals surface area contributed by atoms with Gasteiger partial charge in [-0.3, -0.25) is 4.79 Å². The molecular weight excluding hydrogens is 244 g/mol. The second-order valence-corrected chi connectivity index (χ2v) is 6.48. The molecule has 0 bridgehead atoms. The summed E-state index contributed by atoms with van der Waals surface area (Å²) in [4.78, 5) is 24.9. The van der Waals surface area contributed by atoms with Gasteiger partial charge < -0.3 is 15.3 Å². The molecule has 2 unspecified atom stereocenters. The van der Waals surface area contributed by atoms with Crippen molar-refractivity contribution in [3.63, 3.8) is 0 Å². The Morgan fingerprint density at radius 1 is 1.26 bits per heavy atom. The van der Waals surface area contributed by atoms with E-state index in [2.05, 4.69) is 19.2 Å². The lowest BCUT2D eigenvalue weighted by Crippen LogP contribution is -2.50. The highest BCUT2D eigenvalue weighted by atomic mass is 16.4. The molecule has 1 aliphatic carbocycles. The summed E-state index contributed by atoms with van der Waals surface area (Å²) >= 11 is 0. The quantitative estimate of drug-likeness (QED) is 0.819. The maximum absolute atomic E-state index is 12.2. The molecule has 2 aliphatic rings. The maximum Gasteiger partial charge on any atom is 0.317 e. The molecule has 0 aromatic rings. The van der Waals surface area contributed by atoms with Crippen LogP contribution >= 0.6 is 0 Å². The fraction of sp³-hybridized carbons (Fsp3) is 0.857. The third-order valence-corrected chi connectivity index (χ3v) is 4.30. The van der Waals surface area contributed by atoms with Gasteiger partial charge in [0.25, 0.3) is 0 Å². The number of nitrogens with zero attached hydrogens (tertiary/aromatic N) is 1. The van der Waals surface area contributed by atoms with Gasteiger partial charge in [0.1, 0.15) is 0 Å². The number of carboxylic acids is 1. The fourth-order valence-corrected chi connectivity index (χ4v) is 3.06. The summed E-state index contributed by atoms with van der Waals surface area (Å²) in [5.41, 5.74) is 0. The smallest absolute Gasteiger partial charge is 0.317 e. The SMILES string of the molecule is CC1CC(C(=O)O)CN(C(=O)N[C@@H]2C[C@H]2C(C)C)C1. The highest BCUT2D eigenvalue weighted by molar-refractivity contribution is 5.77. The van der Waals surface area contributed by atoms with Crippen molar-refractivity contribution in [2.75, 3.05) is 13.1 Å². The van der Waals surface area contributed by atoms with Gasteiger partial charge in [-0.25, -0.2) is 4.79 Å². The van der Waals surface area contributed by atoms with Gasteiger partial charge >= 0.3 is 12.0 Å². The first-order valence-corrected chi connectivity index (χ1v) is 7.16. The number of amides is 2. The normalized spacial score (nSPS) is 34.2. The Labute approximate surface area is 114 Å². The zero-order valence-corrected chi connectivity index (χ0v) is 11.9. The first-order chi connectivity index (χ1) is 8.88. The predicted molar refractivity (Wildman–Crippen MR) is 71.7 cm³/mol. The van der Waals surface area contributed by atoms with E-state index in [1.54, 1.807) is 4.90 Å². The lowest BCUT2D eigenvalue weighted by atomic mass is 9.91. The summed E-state index contributed by atoms with van der Waals surface area (Å²) in [5, 5.41) is 12.1. The Hall–Kier alpha value is -1.26. The summed E-state index contributed by atoms with van der Waals surface area (Å²) in [6.07, 6.45) is 1.71. The lowest BCUT2D eigenvalue weighted by Gasteiger charge is -2.34. The molecule has 1 aliphatic heterocycles. The zero-order chi connectivity index (χ0) is 14.2. The molecule has 5 nitrogen and oxygen atoms in total. The largest absolute Gasteiger partial charge is 0.481 e. The molecule has 2 rings (SSSR count). The van der Waals surface area contributed by atoms with Crippen LogP contribution in [0.4, 0.5) is 4.79 Å². The van der Waals surface area contributed by atoms with Crippen molar-refractivity contribution >= 4 is 12.0 Å². The van der Waals surface area contributed by atoms with E-state index in [0.717, 1.165) is 6.42 Å². The molecule has 1 heterocycles. The van der Waals surface area contributed by atoms with E-state index < -0.39 is 11.9 Å². The maximum atomic E-state index is 12.2. The van der Waals surface area contributed by atoms with Gasteiger partial charge in [0.05, 0.1) is 5.92 Å². The van der Waals surface area contributed by atoms with E-state index in [9.17, 15) is 9.59 Å². The molecule has 108 valence electrons. The highest BCUT2D eigenvalue weighted by Gasteiger charge is 2.41. The van der Waals surface area contributed by atoms with Gasteiger partial charge in [0.15, 0.2) is 0 Å². The van der Waals surface area contributed by atoms with Gasteiger partial charge in [-0.1, -0.05) is 20.8 Å². The van der Waals surface area contributed by atoms with Crippen LogP contribution in [0.3, 0.4) is 0 Å². The van der Waals surface area contributed by atoms with Crippen molar-refractivity contribution in [3.05, 3.63) is 0 Å². The number of nitrogens with one attached hydrogen (secondary N) is 1. The van der Waals surface area contributed by atoms with Gasteiger partial charge in [-0.15, -0.1) is 0 Å². The van der Waals surface area contributed by atoms with Gasteiger partial charge in [0, 0.05) is 19.1 Å². The number of urea groups is 1. The number of rotatable bonds is 3. The minimum Gasteiger partial charge on any atom is -0.481 e. The van der Waals surface area contributed by atoms with Crippen LogP contribution in [0.25, 0.3) is 0 Å². The van der Waals surface area contributed by atoms with Crippen molar-refractivity contribution in [1.82, 2.24) is 10.2 Å².